The molecule has 6 aromatic rings. The predicted molar refractivity (Wildman–Crippen MR) is 150 cm³/mol. The van der Waals surface area contributed by atoms with Gasteiger partial charge in [0, 0.05) is 5.41 Å². The van der Waals surface area contributed by atoms with E-state index in [9.17, 15) is 0 Å². The van der Waals surface area contributed by atoms with E-state index in [1.807, 2.05) is 0 Å². The summed E-state index contributed by atoms with van der Waals surface area (Å²) < 4.78 is 0. The number of benzene rings is 6. The molecule has 0 amide bonds. The third kappa shape index (κ3) is 2.87. The summed E-state index contributed by atoms with van der Waals surface area (Å²) in [6, 6.07) is 44.5. The molecule has 1 aliphatic carbocycles. The first-order chi connectivity index (χ1) is 17.1. The number of fused-ring (bicyclic) bond motifs is 4. The SMILES string of the molecule is CC1(C)c2ccccc2-c2c3ccccc3c(-c3cccc(-c4ccccc4)c3)c3cccc1c23. The summed E-state index contributed by atoms with van der Waals surface area (Å²) in [6.07, 6.45) is 0. The molecule has 0 N–H and O–H groups in total. The quantitative estimate of drug-likeness (QED) is 0.232. The Hall–Kier alpha value is -4.16. The molecule has 0 fully saturated rings. The van der Waals surface area contributed by atoms with Gasteiger partial charge in [0.05, 0.1) is 0 Å². The van der Waals surface area contributed by atoms with Crippen molar-refractivity contribution >= 4 is 21.5 Å². The highest BCUT2D eigenvalue weighted by molar-refractivity contribution is 6.23. The van der Waals surface area contributed by atoms with Crippen molar-refractivity contribution in [3.63, 3.8) is 0 Å². The predicted octanol–water partition coefficient (Wildman–Crippen LogP) is 9.63. The van der Waals surface area contributed by atoms with E-state index in [0.717, 1.165) is 0 Å². The van der Waals surface area contributed by atoms with Gasteiger partial charge in [0.1, 0.15) is 0 Å². The van der Waals surface area contributed by atoms with Gasteiger partial charge >= 0.3 is 0 Å². The Labute approximate surface area is 206 Å². The van der Waals surface area contributed by atoms with E-state index in [0.29, 0.717) is 0 Å². The van der Waals surface area contributed by atoms with Crippen LogP contribution in [-0.4, -0.2) is 0 Å². The zero-order valence-electron chi connectivity index (χ0n) is 20.0. The fourth-order valence-electron chi connectivity index (χ4n) is 6.22. The zero-order valence-corrected chi connectivity index (χ0v) is 20.0. The van der Waals surface area contributed by atoms with E-state index in [1.54, 1.807) is 0 Å². The van der Waals surface area contributed by atoms with Gasteiger partial charge in [-0.15, -0.1) is 0 Å². The Morgan fingerprint density at radius 1 is 0.429 bits per heavy atom. The lowest BCUT2D eigenvalue weighted by atomic mass is 9.67. The highest BCUT2D eigenvalue weighted by atomic mass is 14.4. The van der Waals surface area contributed by atoms with Crippen molar-refractivity contribution < 1.29 is 0 Å². The first-order valence-electron chi connectivity index (χ1n) is 12.4. The molecule has 0 aliphatic heterocycles. The molecule has 7 rings (SSSR count). The lowest BCUT2D eigenvalue weighted by Crippen LogP contribution is -2.23. The Morgan fingerprint density at radius 2 is 1.00 bits per heavy atom. The molecule has 0 saturated heterocycles. The third-order valence-electron chi connectivity index (χ3n) is 7.85. The van der Waals surface area contributed by atoms with Crippen LogP contribution >= 0.6 is 0 Å². The minimum absolute atomic E-state index is 0.0608. The summed E-state index contributed by atoms with van der Waals surface area (Å²) >= 11 is 0. The summed E-state index contributed by atoms with van der Waals surface area (Å²) in [4.78, 5) is 0. The Bertz CT molecular complexity index is 1750. The van der Waals surface area contributed by atoms with Gasteiger partial charge in [-0.05, 0) is 72.1 Å². The molecule has 0 heterocycles. The van der Waals surface area contributed by atoms with Crippen LogP contribution in [0, 0.1) is 0 Å². The van der Waals surface area contributed by atoms with Gasteiger partial charge in [0.25, 0.3) is 0 Å². The van der Waals surface area contributed by atoms with Crippen molar-refractivity contribution in [2.24, 2.45) is 0 Å². The first kappa shape index (κ1) is 20.2. The largest absolute Gasteiger partial charge is 0.0622 e. The van der Waals surface area contributed by atoms with Gasteiger partial charge in [-0.25, -0.2) is 0 Å². The van der Waals surface area contributed by atoms with E-state index < -0.39 is 0 Å². The maximum absolute atomic E-state index is 2.37. The molecule has 6 aromatic carbocycles. The van der Waals surface area contributed by atoms with Crippen molar-refractivity contribution in [1.29, 1.82) is 0 Å². The standard InChI is InChI=1S/C35H26/c1-35(2)30-20-9-8-18-28(30)33-27-17-7-6-16-26(27)32(29-19-11-21-31(35)34(29)33)25-15-10-14-24(22-25)23-12-4-3-5-13-23/h3-22H,1-2H3. The highest BCUT2D eigenvalue weighted by Gasteiger charge is 2.34. The highest BCUT2D eigenvalue weighted by Crippen LogP contribution is 2.53. The normalized spacial score (nSPS) is 13.7. The number of rotatable bonds is 2. The molecule has 0 nitrogen and oxygen atoms in total. The second kappa shape index (κ2) is 7.42. The van der Waals surface area contributed by atoms with Crippen molar-refractivity contribution in [3.8, 4) is 33.4 Å². The fraction of sp³-hybridized carbons (Fsp3) is 0.0857. The van der Waals surface area contributed by atoms with Gasteiger partial charge in [-0.2, -0.15) is 0 Å². The van der Waals surface area contributed by atoms with E-state index in [4.69, 9.17) is 0 Å². The van der Waals surface area contributed by atoms with Crippen molar-refractivity contribution in [2.75, 3.05) is 0 Å². The lowest BCUT2D eigenvalue weighted by Gasteiger charge is -2.36. The molecule has 35 heavy (non-hydrogen) atoms. The molecular weight excluding hydrogens is 420 g/mol. The maximum atomic E-state index is 2.37. The number of hydrogen-bond donors (Lipinski definition) is 0. The number of hydrogen-bond acceptors (Lipinski definition) is 0. The molecule has 0 unspecified atom stereocenters. The Balaban J connectivity index is 1.65. The molecule has 0 bridgehead atoms. The fourth-order valence-corrected chi connectivity index (χ4v) is 6.22. The van der Waals surface area contributed by atoms with Crippen LogP contribution in [0.4, 0.5) is 0 Å². The molecule has 0 radical (unpaired) electrons. The second-order valence-electron chi connectivity index (χ2n) is 10.1. The van der Waals surface area contributed by atoms with Crippen LogP contribution in [0.3, 0.4) is 0 Å². The molecule has 0 aromatic heterocycles. The second-order valence-corrected chi connectivity index (χ2v) is 10.1. The van der Waals surface area contributed by atoms with E-state index in [-0.39, 0.29) is 5.41 Å². The third-order valence-corrected chi connectivity index (χ3v) is 7.85. The average Bonchev–Trinajstić information content (AvgIpc) is 2.91. The summed E-state index contributed by atoms with van der Waals surface area (Å²) in [5.74, 6) is 0. The van der Waals surface area contributed by atoms with Crippen LogP contribution in [0.2, 0.25) is 0 Å². The first-order valence-corrected chi connectivity index (χ1v) is 12.4. The van der Waals surface area contributed by atoms with Crippen LogP contribution < -0.4 is 0 Å². The van der Waals surface area contributed by atoms with Crippen molar-refractivity contribution in [2.45, 2.75) is 19.3 Å². The van der Waals surface area contributed by atoms with E-state index in [2.05, 4.69) is 135 Å². The summed E-state index contributed by atoms with van der Waals surface area (Å²) in [5, 5.41) is 5.38. The molecule has 0 saturated carbocycles. The van der Waals surface area contributed by atoms with Crippen LogP contribution in [-0.2, 0) is 5.41 Å². The van der Waals surface area contributed by atoms with Crippen LogP contribution in [0.25, 0.3) is 54.9 Å². The summed E-state index contributed by atoms with van der Waals surface area (Å²) in [5.41, 5.74) is 10.6. The smallest absolute Gasteiger partial charge is 0.0159 e. The van der Waals surface area contributed by atoms with Gasteiger partial charge in [-0.1, -0.05) is 129 Å². The van der Waals surface area contributed by atoms with E-state index in [1.165, 1.54) is 66.1 Å². The maximum Gasteiger partial charge on any atom is 0.0159 e. The molecule has 0 spiro atoms. The molecular formula is C35H26. The lowest BCUT2D eigenvalue weighted by molar-refractivity contribution is 0.645. The van der Waals surface area contributed by atoms with Crippen LogP contribution in [0.5, 0.6) is 0 Å². The molecule has 1 aliphatic rings. The van der Waals surface area contributed by atoms with Crippen LogP contribution in [0.15, 0.2) is 121 Å². The Kier molecular flexibility index (Phi) is 4.29. The van der Waals surface area contributed by atoms with Crippen molar-refractivity contribution in [3.05, 3.63) is 132 Å². The summed E-state index contributed by atoms with van der Waals surface area (Å²) in [6.45, 7) is 4.74. The molecule has 0 heteroatoms. The average molecular weight is 447 g/mol. The molecule has 166 valence electrons. The Morgan fingerprint density at radius 3 is 1.83 bits per heavy atom. The zero-order chi connectivity index (χ0) is 23.6. The minimum Gasteiger partial charge on any atom is -0.0622 e. The monoisotopic (exact) mass is 446 g/mol. The van der Waals surface area contributed by atoms with Crippen LogP contribution in [0.1, 0.15) is 25.0 Å². The van der Waals surface area contributed by atoms with Gasteiger partial charge in [0.2, 0.25) is 0 Å². The van der Waals surface area contributed by atoms with Gasteiger partial charge in [-0.3, -0.25) is 0 Å². The van der Waals surface area contributed by atoms with Crippen molar-refractivity contribution in [1.82, 2.24) is 0 Å². The van der Waals surface area contributed by atoms with E-state index >= 15 is 0 Å². The molecule has 0 atom stereocenters. The van der Waals surface area contributed by atoms with Gasteiger partial charge in [0.15, 0.2) is 0 Å². The minimum atomic E-state index is -0.0608. The van der Waals surface area contributed by atoms with Gasteiger partial charge < -0.3 is 0 Å². The summed E-state index contributed by atoms with van der Waals surface area (Å²) in [7, 11) is 0. The topological polar surface area (TPSA) is 0 Å².